The van der Waals surface area contributed by atoms with E-state index < -0.39 is 10.0 Å². The molecule has 8 nitrogen and oxygen atoms in total. The zero-order valence-electron chi connectivity index (χ0n) is 16.8. The number of carbonyl (C=O) groups is 1. The Morgan fingerprint density at radius 2 is 1.73 bits per heavy atom. The van der Waals surface area contributed by atoms with Crippen molar-refractivity contribution in [2.45, 2.75) is 24.3 Å². The molecule has 1 aliphatic heterocycles. The topological polar surface area (TPSA) is 120 Å². The maximum Gasteiger partial charge on any atom is 0.241 e. The molecule has 1 unspecified atom stereocenters. The third-order valence-corrected chi connectivity index (χ3v) is 6.20. The largest absolute Gasteiger partial charge is 0.370 e. The molecule has 2 aromatic carbocycles. The molecule has 0 spiro atoms. The molecule has 0 aromatic heterocycles. The van der Waals surface area contributed by atoms with Gasteiger partial charge in [0.15, 0.2) is 0 Å². The Morgan fingerprint density at radius 3 is 2.33 bits per heavy atom. The fraction of sp³-hybridized carbons (Fsp3) is 0.333. The van der Waals surface area contributed by atoms with Crippen LogP contribution in [0, 0.1) is 11.3 Å². The van der Waals surface area contributed by atoms with E-state index in [4.69, 9.17) is 10.4 Å². The lowest BCUT2D eigenvalue weighted by Gasteiger charge is -2.27. The summed E-state index contributed by atoms with van der Waals surface area (Å²) in [7, 11) is -3.76. The normalized spacial score (nSPS) is 16.4. The summed E-state index contributed by atoms with van der Waals surface area (Å²) in [6.07, 6.45) is 0.917. The fourth-order valence-electron chi connectivity index (χ4n) is 3.47. The van der Waals surface area contributed by atoms with E-state index in [1.165, 1.54) is 24.3 Å². The van der Waals surface area contributed by atoms with Crippen molar-refractivity contribution in [3.8, 4) is 6.07 Å². The van der Waals surface area contributed by atoms with E-state index in [1.807, 2.05) is 31.2 Å². The molecule has 0 aliphatic carbocycles. The van der Waals surface area contributed by atoms with Crippen molar-refractivity contribution in [2.24, 2.45) is 5.14 Å². The molecular formula is C21H25N5O3S. The summed E-state index contributed by atoms with van der Waals surface area (Å²) in [6.45, 7) is 5.06. The van der Waals surface area contributed by atoms with Gasteiger partial charge in [0, 0.05) is 37.6 Å². The predicted octanol–water partition coefficient (Wildman–Crippen LogP) is 1.74. The van der Waals surface area contributed by atoms with Gasteiger partial charge in [-0.2, -0.15) is 5.26 Å². The quantitative estimate of drug-likeness (QED) is 0.750. The number of rotatable bonds is 5. The van der Waals surface area contributed by atoms with Crippen molar-refractivity contribution in [3.63, 3.8) is 0 Å². The van der Waals surface area contributed by atoms with Gasteiger partial charge in [0.1, 0.15) is 0 Å². The van der Waals surface area contributed by atoms with Crippen LogP contribution in [0.25, 0.3) is 0 Å². The first-order valence-corrected chi connectivity index (χ1v) is 11.3. The van der Waals surface area contributed by atoms with Gasteiger partial charge < -0.3 is 10.2 Å². The first kappa shape index (κ1) is 21.8. The second-order valence-electron chi connectivity index (χ2n) is 7.27. The number of hydrogen-bond acceptors (Lipinski definition) is 6. The van der Waals surface area contributed by atoms with Crippen LogP contribution in [0.15, 0.2) is 53.4 Å². The molecule has 30 heavy (non-hydrogen) atoms. The highest BCUT2D eigenvalue weighted by molar-refractivity contribution is 7.89. The van der Waals surface area contributed by atoms with Gasteiger partial charge in [-0.05, 0) is 61.9 Å². The van der Waals surface area contributed by atoms with Crippen LogP contribution in [-0.4, -0.2) is 51.4 Å². The predicted molar refractivity (Wildman–Crippen MR) is 115 cm³/mol. The number of nitrogens with zero attached hydrogens (tertiary/aromatic N) is 3. The first-order chi connectivity index (χ1) is 14.3. The Kier molecular flexibility index (Phi) is 6.72. The number of benzene rings is 2. The van der Waals surface area contributed by atoms with Crippen LogP contribution >= 0.6 is 0 Å². The monoisotopic (exact) mass is 427 g/mol. The zero-order chi connectivity index (χ0) is 21.7. The molecule has 1 saturated heterocycles. The first-order valence-electron chi connectivity index (χ1n) is 9.71. The van der Waals surface area contributed by atoms with E-state index in [1.54, 1.807) is 0 Å². The van der Waals surface area contributed by atoms with Crippen molar-refractivity contribution in [2.75, 3.05) is 36.4 Å². The highest BCUT2D eigenvalue weighted by Gasteiger charge is 2.24. The summed E-state index contributed by atoms with van der Waals surface area (Å²) in [6, 6.07) is 15.1. The van der Waals surface area contributed by atoms with E-state index in [0.29, 0.717) is 11.3 Å². The summed E-state index contributed by atoms with van der Waals surface area (Å²) in [5.74, 6) is -0.148. The van der Waals surface area contributed by atoms with Gasteiger partial charge in [-0.25, -0.2) is 13.6 Å². The molecule has 3 N–H and O–H groups in total. The zero-order valence-corrected chi connectivity index (χ0v) is 17.6. The molecule has 0 saturated carbocycles. The van der Waals surface area contributed by atoms with E-state index in [-0.39, 0.29) is 16.8 Å². The summed E-state index contributed by atoms with van der Waals surface area (Å²) in [4.78, 5) is 17.1. The van der Waals surface area contributed by atoms with Crippen molar-refractivity contribution < 1.29 is 13.2 Å². The number of carbonyl (C=O) groups excluding carboxylic acids is 1. The molecule has 1 atom stereocenters. The molecule has 1 aliphatic rings. The van der Waals surface area contributed by atoms with Crippen LogP contribution in [0.5, 0.6) is 0 Å². The van der Waals surface area contributed by atoms with E-state index >= 15 is 0 Å². The van der Waals surface area contributed by atoms with Crippen molar-refractivity contribution in [3.05, 3.63) is 54.1 Å². The van der Waals surface area contributed by atoms with E-state index in [0.717, 1.165) is 38.3 Å². The minimum atomic E-state index is -3.76. The molecule has 1 heterocycles. The van der Waals surface area contributed by atoms with Gasteiger partial charge in [0.05, 0.1) is 22.6 Å². The third-order valence-electron chi connectivity index (χ3n) is 5.27. The number of sulfonamides is 1. The highest BCUT2D eigenvalue weighted by atomic mass is 32.2. The lowest BCUT2D eigenvalue weighted by atomic mass is 10.2. The number of nitriles is 1. The number of anilines is 2. The number of hydrogen-bond donors (Lipinski definition) is 2. The third kappa shape index (κ3) is 5.36. The minimum absolute atomic E-state index is 0.00367. The summed E-state index contributed by atoms with van der Waals surface area (Å²) in [5, 5.41) is 16.9. The number of amides is 1. The fourth-order valence-corrected chi connectivity index (χ4v) is 3.99. The van der Waals surface area contributed by atoms with E-state index in [2.05, 4.69) is 21.2 Å². The average Bonchev–Trinajstić information content (AvgIpc) is 2.99. The summed E-state index contributed by atoms with van der Waals surface area (Å²) < 4.78 is 22.7. The molecule has 2 aromatic rings. The van der Waals surface area contributed by atoms with Gasteiger partial charge in [-0.1, -0.05) is 0 Å². The van der Waals surface area contributed by atoms with Crippen LogP contribution in [0.2, 0.25) is 0 Å². The highest BCUT2D eigenvalue weighted by Crippen LogP contribution is 2.19. The molecule has 0 radical (unpaired) electrons. The van der Waals surface area contributed by atoms with Crippen molar-refractivity contribution in [1.82, 2.24) is 4.90 Å². The van der Waals surface area contributed by atoms with Crippen LogP contribution in [0.1, 0.15) is 18.9 Å². The molecule has 1 fully saturated rings. The Labute approximate surface area is 176 Å². The standard InChI is InChI=1S/C21H25N5O3S/c1-16(21(27)24-18-5-9-20(10-6-18)30(23,28)29)25-11-2-12-26(14-13-25)19-7-3-17(15-22)4-8-19/h3-10,16H,2,11-14H2,1H3,(H,24,27)(H2,23,28,29). The molecule has 0 bridgehead atoms. The van der Waals surface area contributed by atoms with Gasteiger partial charge in [0.25, 0.3) is 0 Å². The summed E-state index contributed by atoms with van der Waals surface area (Å²) in [5.41, 5.74) is 2.23. The van der Waals surface area contributed by atoms with Gasteiger partial charge in [-0.3, -0.25) is 9.69 Å². The second kappa shape index (κ2) is 9.26. The van der Waals surface area contributed by atoms with Gasteiger partial charge >= 0.3 is 0 Å². The van der Waals surface area contributed by atoms with E-state index in [9.17, 15) is 13.2 Å². The van der Waals surface area contributed by atoms with Gasteiger partial charge in [-0.15, -0.1) is 0 Å². The lowest BCUT2D eigenvalue weighted by molar-refractivity contribution is -0.120. The number of nitrogens with two attached hydrogens (primary N) is 1. The maximum absolute atomic E-state index is 12.7. The second-order valence-corrected chi connectivity index (χ2v) is 8.83. The molecule has 1 amide bonds. The van der Waals surface area contributed by atoms with Crippen LogP contribution in [0.3, 0.4) is 0 Å². The van der Waals surface area contributed by atoms with Crippen molar-refractivity contribution in [1.29, 1.82) is 5.26 Å². The maximum atomic E-state index is 12.7. The van der Waals surface area contributed by atoms with Gasteiger partial charge in [0.2, 0.25) is 15.9 Å². The minimum Gasteiger partial charge on any atom is -0.370 e. The molecule has 3 rings (SSSR count). The lowest BCUT2D eigenvalue weighted by Crippen LogP contribution is -2.43. The SMILES string of the molecule is CC(C(=O)Nc1ccc(S(N)(=O)=O)cc1)N1CCCN(c2ccc(C#N)cc2)CC1. The van der Waals surface area contributed by atoms with Crippen molar-refractivity contribution >= 4 is 27.3 Å². The molecule has 9 heteroatoms. The van der Waals surface area contributed by atoms with Crippen LogP contribution in [-0.2, 0) is 14.8 Å². The Balaban J connectivity index is 1.59. The average molecular weight is 428 g/mol. The Bertz CT molecular complexity index is 1030. The molecule has 158 valence electrons. The Hall–Kier alpha value is -2.93. The smallest absolute Gasteiger partial charge is 0.241 e. The number of primary sulfonamides is 1. The van der Waals surface area contributed by atoms with Crippen LogP contribution in [0.4, 0.5) is 11.4 Å². The Morgan fingerprint density at radius 1 is 1.07 bits per heavy atom. The molecular weight excluding hydrogens is 402 g/mol. The number of nitrogens with one attached hydrogen (secondary N) is 1. The summed E-state index contributed by atoms with van der Waals surface area (Å²) >= 11 is 0. The van der Waals surface area contributed by atoms with Crippen LogP contribution < -0.4 is 15.4 Å².